The van der Waals surface area contributed by atoms with Gasteiger partial charge in [-0.15, -0.1) is 13.2 Å². The van der Waals surface area contributed by atoms with Gasteiger partial charge in [-0.3, -0.25) is 4.57 Å². The first-order chi connectivity index (χ1) is 5.12. The molecule has 10 heteroatoms. The van der Waals surface area contributed by atoms with Gasteiger partial charge in [-0.25, -0.2) is 12.7 Å². The van der Waals surface area contributed by atoms with Gasteiger partial charge in [0.2, 0.25) is 0 Å². The van der Waals surface area contributed by atoms with Crippen LogP contribution in [-0.4, -0.2) is 21.8 Å². The lowest BCUT2D eigenvalue weighted by molar-refractivity contribution is -0.276. The summed E-state index contributed by atoms with van der Waals surface area (Å²) in [6.07, 6.45) is -5.19. The van der Waals surface area contributed by atoms with Gasteiger partial charge in [0.1, 0.15) is 0 Å². The predicted molar refractivity (Wildman–Crippen MR) is 30.7 cm³/mol. The second-order valence-corrected chi connectivity index (χ2v) is 4.32. The Bertz CT molecular complexity index is 225. The van der Waals surface area contributed by atoms with Crippen LogP contribution in [0.5, 0.6) is 0 Å². The normalized spacial score (nSPS) is 20.1. The maximum Gasteiger partial charge on any atom is 0.529 e. The van der Waals surface area contributed by atoms with E-state index in [1.807, 2.05) is 0 Å². The first-order valence-corrected chi connectivity index (χ1v) is 5.26. The number of halogens is 3. The number of hydrogen-bond donors (Lipinski definition) is 0. The Balaban J connectivity index is 4.24. The van der Waals surface area contributed by atoms with E-state index in [4.69, 9.17) is 0 Å². The number of hydrogen-bond acceptors (Lipinski definition) is 5. The molecule has 5 nitrogen and oxygen atoms in total. The molecule has 12 heavy (non-hydrogen) atoms. The SMILES string of the molecule is CP(=O)(OS(=O)[O-])OC(F)(F)F. The van der Waals surface area contributed by atoms with Crippen LogP contribution in [0, 0.1) is 0 Å². The standard InChI is InChI=1S/C2H4F3O5PS/c1-11(6,10-12(7)8)9-2(3,4)5/h1H3,(H,7,8)/p-1. The predicted octanol–water partition coefficient (Wildman–Crippen LogP) is 1.16. The summed E-state index contributed by atoms with van der Waals surface area (Å²) in [6.45, 7) is 0.385. The maximum absolute atomic E-state index is 11.3. The Kier molecular flexibility index (Phi) is 3.86. The average molecular weight is 227 g/mol. The Morgan fingerprint density at radius 1 is 1.50 bits per heavy atom. The monoisotopic (exact) mass is 227 g/mol. The largest absolute Gasteiger partial charge is 0.749 e. The number of alkyl halides is 3. The molecule has 2 unspecified atom stereocenters. The van der Waals surface area contributed by atoms with E-state index >= 15 is 0 Å². The summed E-state index contributed by atoms with van der Waals surface area (Å²) in [5.41, 5.74) is 0. The molecule has 0 fully saturated rings. The third-order valence-electron chi connectivity index (χ3n) is 0.466. The van der Waals surface area contributed by atoms with Gasteiger partial charge < -0.3 is 4.55 Å². The molecule has 0 amide bonds. The molecule has 0 aliphatic carbocycles. The number of rotatable bonds is 3. The molecule has 0 aromatic carbocycles. The summed E-state index contributed by atoms with van der Waals surface area (Å²) in [5.74, 6) is 0. The van der Waals surface area contributed by atoms with Gasteiger partial charge in [0, 0.05) is 6.66 Å². The Morgan fingerprint density at radius 2 is 1.92 bits per heavy atom. The van der Waals surface area contributed by atoms with Crippen molar-refractivity contribution >= 4 is 19.0 Å². The van der Waals surface area contributed by atoms with Gasteiger partial charge in [-0.05, 0) is 0 Å². The minimum Gasteiger partial charge on any atom is -0.749 e. The molecule has 0 bridgehead atoms. The van der Waals surface area contributed by atoms with E-state index in [-0.39, 0.29) is 0 Å². The summed E-state index contributed by atoms with van der Waals surface area (Å²) in [4.78, 5) is 0. The first-order valence-electron chi connectivity index (χ1n) is 2.27. The molecular formula is C2H3F3O5PS-. The lowest BCUT2D eigenvalue weighted by atomic mass is 11.4. The average Bonchev–Trinajstić information content (AvgIpc) is 1.48. The van der Waals surface area contributed by atoms with E-state index in [0.717, 1.165) is 0 Å². The molecule has 0 radical (unpaired) electrons. The molecule has 0 aliphatic rings. The first kappa shape index (κ1) is 12.0. The molecule has 2 atom stereocenters. The molecule has 0 aromatic heterocycles. The zero-order valence-corrected chi connectivity index (χ0v) is 7.24. The Labute approximate surface area is 67.9 Å². The van der Waals surface area contributed by atoms with Crippen molar-refractivity contribution in [3.05, 3.63) is 0 Å². The fourth-order valence-corrected chi connectivity index (χ4v) is 1.70. The van der Waals surface area contributed by atoms with Crippen molar-refractivity contribution < 1.29 is 35.0 Å². The molecule has 0 saturated heterocycles. The van der Waals surface area contributed by atoms with Crippen LogP contribution in [0.3, 0.4) is 0 Å². The maximum atomic E-state index is 11.3. The fraction of sp³-hybridized carbons (Fsp3) is 1.00. The van der Waals surface area contributed by atoms with Crippen molar-refractivity contribution in [3.8, 4) is 0 Å². The van der Waals surface area contributed by atoms with Crippen molar-refractivity contribution in [2.24, 2.45) is 0 Å². The summed E-state index contributed by atoms with van der Waals surface area (Å²) in [6, 6.07) is 0. The van der Waals surface area contributed by atoms with E-state index in [1.165, 1.54) is 0 Å². The highest BCUT2D eigenvalue weighted by Crippen LogP contribution is 2.49. The fourth-order valence-electron chi connectivity index (χ4n) is 0.314. The van der Waals surface area contributed by atoms with E-state index in [9.17, 15) is 26.5 Å². The molecule has 0 aromatic rings. The lowest BCUT2D eigenvalue weighted by Crippen LogP contribution is -2.12. The smallest absolute Gasteiger partial charge is 0.529 e. The molecular weight excluding hydrogens is 224 g/mol. The quantitative estimate of drug-likeness (QED) is 0.534. The third kappa shape index (κ3) is 6.74. The summed E-state index contributed by atoms with van der Waals surface area (Å²) in [5, 5.41) is 0. The van der Waals surface area contributed by atoms with Crippen molar-refractivity contribution in [2.75, 3.05) is 6.66 Å². The molecule has 0 saturated carbocycles. The molecule has 0 rings (SSSR count). The highest BCUT2D eigenvalue weighted by molar-refractivity contribution is 7.80. The van der Waals surface area contributed by atoms with Crippen molar-refractivity contribution in [3.63, 3.8) is 0 Å². The van der Waals surface area contributed by atoms with Gasteiger partial charge >= 0.3 is 14.0 Å². The second kappa shape index (κ2) is 3.84. The van der Waals surface area contributed by atoms with Gasteiger partial charge in [0.15, 0.2) is 0 Å². The molecule has 0 heterocycles. The molecule has 0 N–H and O–H groups in total. The van der Waals surface area contributed by atoms with E-state index < -0.39 is 25.3 Å². The van der Waals surface area contributed by atoms with E-state index in [2.05, 4.69) is 8.49 Å². The highest BCUT2D eigenvalue weighted by atomic mass is 32.2. The van der Waals surface area contributed by atoms with Crippen molar-refractivity contribution in [2.45, 2.75) is 6.36 Å². The lowest BCUT2D eigenvalue weighted by Gasteiger charge is -2.15. The van der Waals surface area contributed by atoms with Crippen molar-refractivity contribution in [1.82, 2.24) is 0 Å². The zero-order valence-electron chi connectivity index (χ0n) is 5.53. The van der Waals surface area contributed by atoms with Crippen LogP contribution in [-0.2, 0) is 24.4 Å². The van der Waals surface area contributed by atoms with Crippen LogP contribution in [0.2, 0.25) is 0 Å². The third-order valence-corrected chi connectivity index (χ3v) is 2.57. The molecule has 0 spiro atoms. The minimum atomic E-state index is -5.19. The van der Waals surface area contributed by atoms with Crippen LogP contribution >= 0.6 is 7.60 Å². The van der Waals surface area contributed by atoms with Crippen LogP contribution < -0.4 is 0 Å². The molecule has 0 aliphatic heterocycles. The van der Waals surface area contributed by atoms with Gasteiger partial charge in [-0.2, -0.15) is 0 Å². The van der Waals surface area contributed by atoms with Gasteiger partial charge in [0.25, 0.3) is 0 Å². The topological polar surface area (TPSA) is 75.7 Å². The summed E-state index contributed by atoms with van der Waals surface area (Å²) in [7, 11) is -4.61. The minimum absolute atomic E-state index is 0.385. The van der Waals surface area contributed by atoms with E-state index in [1.54, 1.807) is 0 Å². The zero-order chi connectivity index (χ0) is 9.99. The van der Waals surface area contributed by atoms with Crippen LogP contribution in [0.4, 0.5) is 13.2 Å². The second-order valence-electron chi connectivity index (χ2n) is 1.59. The highest BCUT2D eigenvalue weighted by Gasteiger charge is 2.38. The summed E-state index contributed by atoms with van der Waals surface area (Å²) < 4.78 is 70.0. The van der Waals surface area contributed by atoms with E-state index in [0.29, 0.717) is 6.66 Å². The van der Waals surface area contributed by atoms with Crippen molar-refractivity contribution in [1.29, 1.82) is 0 Å². The van der Waals surface area contributed by atoms with Crippen LogP contribution in [0.25, 0.3) is 0 Å². The summed E-state index contributed by atoms with van der Waals surface area (Å²) >= 11 is -3.31. The van der Waals surface area contributed by atoms with Gasteiger partial charge in [-0.1, -0.05) is 0 Å². The van der Waals surface area contributed by atoms with Crippen LogP contribution in [0.15, 0.2) is 0 Å². The van der Waals surface area contributed by atoms with Crippen LogP contribution in [0.1, 0.15) is 0 Å². The Hall–Kier alpha value is 0.0500. The molecule has 74 valence electrons. The van der Waals surface area contributed by atoms with Gasteiger partial charge in [0.05, 0.1) is 11.4 Å². The Morgan fingerprint density at radius 3 is 2.17 bits per heavy atom.